The van der Waals surface area contributed by atoms with Gasteiger partial charge in [0.2, 0.25) is 5.91 Å². The van der Waals surface area contributed by atoms with Crippen LogP contribution in [0.4, 0.5) is 0 Å². The van der Waals surface area contributed by atoms with E-state index in [1.165, 1.54) is 0 Å². The molecule has 0 bridgehead atoms. The first kappa shape index (κ1) is 15.6. The topological polar surface area (TPSA) is 81.4 Å². The van der Waals surface area contributed by atoms with Crippen LogP contribution in [0.25, 0.3) is 0 Å². The molecular formula is C12H22N2O3. The SMILES string of the molecule is C=C(C)C(=O)NCCC(N)C(=O)OC(C)(C)C. The third-order valence-corrected chi connectivity index (χ3v) is 1.84. The van der Waals surface area contributed by atoms with Crippen LogP contribution in [0.3, 0.4) is 0 Å². The maximum absolute atomic E-state index is 11.5. The minimum absolute atomic E-state index is 0.235. The lowest BCUT2D eigenvalue weighted by atomic mass is 10.1. The second-order valence-electron chi connectivity index (χ2n) is 4.96. The zero-order chi connectivity index (χ0) is 13.6. The van der Waals surface area contributed by atoms with E-state index in [0.717, 1.165) is 0 Å². The highest BCUT2D eigenvalue weighted by atomic mass is 16.6. The Balaban J connectivity index is 3.95. The summed E-state index contributed by atoms with van der Waals surface area (Å²) in [4.78, 5) is 22.6. The second kappa shape index (κ2) is 6.39. The summed E-state index contributed by atoms with van der Waals surface area (Å²) in [5.74, 6) is -0.691. The number of carbonyl (C=O) groups excluding carboxylic acids is 2. The summed E-state index contributed by atoms with van der Waals surface area (Å²) in [6, 6.07) is -0.723. The van der Waals surface area contributed by atoms with Crippen molar-refractivity contribution in [1.29, 1.82) is 0 Å². The van der Waals surface area contributed by atoms with Crippen LogP contribution < -0.4 is 11.1 Å². The fraction of sp³-hybridized carbons (Fsp3) is 0.667. The number of hydrogen-bond acceptors (Lipinski definition) is 4. The molecule has 0 aromatic heterocycles. The Morgan fingerprint density at radius 1 is 1.41 bits per heavy atom. The first-order valence-corrected chi connectivity index (χ1v) is 5.55. The first-order valence-electron chi connectivity index (χ1n) is 5.55. The maximum Gasteiger partial charge on any atom is 0.323 e. The molecule has 0 aromatic carbocycles. The van der Waals surface area contributed by atoms with Gasteiger partial charge >= 0.3 is 5.97 Å². The molecule has 0 saturated carbocycles. The van der Waals surface area contributed by atoms with Gasteiger partial charge in [-0.15, -0.1) is 0 Å². The largest absolute Gasteiger partial charge is 0.459 e. The predicted octanol–water partition coefficient (Wildman–Crippen LogP) is 0.738. The molecule has 0 aliphatic heterocycles. The van der Waals surface area contributed by atoms with Gasteiger partial charge in [0.05, 0.1) is 0 Å². The molecule has 0 rings (SSSR count). The molecule has 0 aliphatic carbocycles. The van der Waals surface area contributed by atoms with Gasteiger partial charge in [0, 0.05) is 12.1 Å². The number of esters is 1. The summed E-state index contributed by atoms with van der Waals surface area (Å²) in [6.07, 6.45) is 0.341. The molecule has 0 aromatic rings. The number of amides is 1. The van der Waals surface area contributed by atoms with Crippen LogP contribution in [0.5, 0.6) is 0 Å². The maximum atomic E-state index is 11.5. The van der Waals surface area contributed by atoms with Crippen molar-refractivity contribution in [3.05, 3.63) is 12.2 Å². The third-order valence-electron chi connectivity index (χ3n) is 1.84. The van der Waals surface area contributed by atoms with E-state index in [1.54, 1.807) is 27.7 Å². The van der Waals surface area contributed by atoms with Gasteiger partial charge in [-0.3, -0.25) is 9.59 Å². The average Bonchev–Trinajstić information content (AvgIpc) is 2.14. The molecule has 5 nitrogen and oxygen atoms in total. The van der Waals surface area contributed by atoms with Gasteiger partial charge in [0.15, 0.2) is 0 Å². The molecule has 0 spiro atoms. The average molecular weight is 242 g/mol. The Morgan fingerprint density at radius 2 is 1.94 bits per heavy atom. The van der Waals surface area contributed by atoms with Crippen LogP contribution in [0.15, 0.2) is 12.2 Å². The minimum Gasteiger partial charge on any atom is -0.459 e. The Kier molecular flexibility index (Phi) is 5.88. The fourth-order valence-corrected chi connectivity index (χ4v) is 0.987. The first-order chi connectivity index (χ1) is 7.63. The van der Waals surface area contributed by atoms with Crippen molar-refractivity contribution in [3.8, 4) is 0 Å². The molecule has 0 aliphatic rings. The molecule has 5 heteroatoms. The van der Waals surface area contributed by atoms with E-state index in [2.05, 4.69) is 11.9 Å². The van der Waals surface area contributed by atoms with Crippen molar-refractivity contribution >= 4 is 11.9 Å². The highest BCUT2D eigenvalue weighted by Crippen LogP contribution is 2.08. The van der Waals surface area contributed by atoms with E-state index in [1.807, 2.05) is 0 Å². The van der Waals surface area contributed by atoms with E-state index in [9.17, 15) is 9.59 Å². The van der Waals surface area contributed by atoms with E-state index < -0.39 is 17.6 Å². The molecule has 0 radical (unpaired) electrons. The molecule has 3 N–H and O–H groups in total. The van der Waals surface area contributed by atoms with Crippen LogP contribution in [0.2, 0.25) is 0 Å². The Labute approximate surface area is 102 Å². The molecule has 1 atom stereocenters. The van der Waals surface area contributed by atoms with Crippen LogP contribution in [0.1, 0.15) is 34.1 Å². The summed E-state index contributed by atoms with van der Waals surface area (Å²) < 4.78 is 5.11. The molecular weight excluding hydrogens is 220 g/mol. The molecule has 0 saturated heterocycles. The normalized spacial score (nSPS) is 12.8. The summed E-state index contributed by atoms with van der Waals surface area (Å²) in [5.41, 5.74) is 5.52. The number of carbonyl (C=O) groups is 2. The zero-order valence-electron chi connectivity index (χ0n) is 11.0. The van der Waals surface area contributed by atoms with Crippen molar-refractivity contribution in [2.75, 3.05) is 6.54 Å². The van der Waals surface area contributed by atoms with Crippen LogP contribution in [0, 0.1) is 0 Å². The number of nitrogens with two attached hydrogens (primary N) is 1. The molecule has 1 amide bonds. The lowest BCUT2D eigenvalue weighted by Crippen LogP contribution is -2.40. The summed E-state index contributed by atoms with van der Waals surface area (Å²) in [5, 5.41) is 2.60. The van der Waals surface area contributed by atoms with Crippen molar-refractivity contribution in [2.45, 2.75) is 45.8 Å². The van der Waals surface area contributed by atoms with Crippen LogP contribution in [-0.4, -0.2) is 30.1 Å². The fourth-order valence-electron chi connectivity index (χ4n) is 0.987. The predicted molar refractivity (Wildman–Crippen MR) is 66.3 cm³/mol. The third kappa shape index (κ3) is 7.52. The van der Waals surface area contributed by atoms with Gasteiger partial charge in [0.1, 0.15) is 11.6 Å². The molecule has 0 heterocycles. The lowest BCUT2D eigenvalue weighted by Gasteiger charge is -2.22. The quantitative estimate of drug-likeness (QED) is 0.550. The molecule has 0 fully saturated rings. The molecule has 17 heavy (non-hydrogen) atoms. The summed E-state index contributed by atoms with van der Waals surface area (Å²) in [7, 11) is 0. The molecule has 98 valence electrons. The van der Waals surface area contributed by atoms with Crippen molar-refractivity contribution in [2.24, 2.45) is 5.73 Å². The molecule has 1 unspecified atom stereocenters. The van der Waals surface area contributed by atoms with Gasteiger partial charge in [-0.05, 0) is 34.1 Å². The Morgan fingerprint density at radius 3 is 2.35 bits per heavy atom. The second-order valence-corrected chi connectivity index (χ2v) is 4.96. The smallest absolute Gasteiger partial charge is 0.323 e. The van der Waals surface area contributed by atoms with Crippen molar-refractivity contribution in [3.63, 3.8) is 0 Å². The van der Waals surface area contributed by atoms with Crippen molar-refractivity contribution in [1.82, 2.24) is 5.32 Å². The van der Waals surface area contributed by atoms with E-state index in [4.69, 9.17) is 10.5 Å². The summed E-state index contributed by atoms with van der Waals surface area (Å²) in [6.45, 7) is 10.8. The van der Waals surface area contributed by atoms with Gasteiger partial charge in [-0.25, -0.2) is 0 Å². The number of rotatable bonds is 5. The minimum atomic E-state index is -0.723. The summed E-state index contributed by atoms with van der Waals surface area (Å²) >= 11 is 0. The van der Waals surface area contributed by atoms with E-state index in [0.29, 0.717) is 18.5 Å². The highest BCUT2D eigenvalue weighted by molar-refractivity contribution is 5.92. The van der Waals surface area contributed by atoms with Gasteiger partial charge in [-0.2, -0.15) is 0 Å². The van der Waals surface area contributed by atoms with Crippen LogP contribution >= 0.6 is 0 Å². The van der Waals surface area contributed by atoms with E-state index >= 15 is 0 Å². The highest BCUT2D eigenvalue weighted by Gasteiger charge is 2.21. The Hall–Kier alpha value is -1.36. The lowest BCUT2D eigenvalue weighted by molar-refractivity contribution is -0.156. The number of ether oxygens (including phenoxy) is 1. The Bertz CT molecular complexity index is 305. The zero-order valence-corrected chi connectivity index (χ0v) is 11.0. The van der Waals surface area contributed by atoms with Crippen LogP contribution in [-0.2, 0) is 14.3 Å². The van der Waals surface area contributed by atoms with Crippen molar-refractivity contribution < 1.29 is 14.3 Å². The number of nitrogens with one attached hydrogen (secondary N) is 1. The van der Waals surface area contributed by atoms with E-state index in [-0.39, 0.29) is 5.91 Å². The van der Waals surface area contributed by atoms with Gasteiger partial charge in [0.25, 0.3) is 0 Å². The monoisotopic (exact) mass is 242 g/mol. The standard InChI is InChI=1S/C12H22N2O3/c1-8(2)10(15)14-7-6-9(13)11(16)17-12(3,4)5/h9H,1,6-7,13H2,2-5H3,(H,14,15). The van der Waals surface area contributed by atoms with Gasteiger partial charge in [-0.1, -0.05) is 6.58 Å². The van der Waals surface area contributed by atoms with Gasteiger partial charge < -0.3 is 15.8 Å². The number of hydrogen-bond donors (Lipinski definition) is 2.